The van der Waals surface area contributed by atoms with Crippen molar-refractivity contribution in [2.24, 2.45) is 0 Å². The van der Waals surface area contributed by atoms with Gasteiger partial charge in [0.1, 0.15) is 12.4 Å². The Kier molecular flexibility index (Phi) is 3.62. The second-order valence-corrected chi connectivity index (χ2v) is 3.86. The number of rotatable bonds is 4. The first-order valence-electron chi connectivity index (χ1n) is 5.53. The number of aromatic nitrogens is 2. The molecule has 0 radical (unpaired) electrons. The van der Waals surface area contributed by atoms with Gasteiger partial charge in [0.2, 0.25) is 5.88 Å². The maximum absolute atomic E-state index is 5.80. The number of hydrogen-bond donors (Lipinski definition) is 1. The summed E-state index contributed by atoms with van der Waals surface area (Å²) in [6.45, 7) is 2.30. The molecule has 0 saturated carbocycles. The van der Waals surface area contributed by atoms with Crippen molar-refractivity contribution in [3.05, 3.63) is 41.9 Å². The first kappa shape index (κ1) is 12.2. The van der Waals surface area contributed by atoms with Crippen LogP contribution in [0, 0.1) is 6.92 Å². The lowest BCUT2D eigenvalue weighted by atomic mass is 10.2. The van der Waals surface area contributed by atoms with Gasteiger partial charge in [-0.25, -0.2) is 4.98 Å². The van der Waals surface area contributed by atoms with Gasteiger partial charge in [-0.1, -0.05) is 6.07 Å². The SMILES string of the molecule is COc1cnc(COc2ccc(C)c(N)c2)cn1. The summed E-state index contributed by atoms with van der Waals surface area (Å²) in [6, 6.07) is 5.60. The zero-order chi connectivity index (χ0) is 13.0. The molecule has 1 aromatic heterocycles. The maximum Gasteiger partial charge on any atom is 0.231 e. The van der Waals surface area contributed by atoms with Crippen LogP contribution in [0.3, 0.4) is 0 Å². The van der Waals surface area contributed by atoms with Crippen LogP contribution in [0.5, 0.6) is 11.6 Å². The summed E-state index contributed by atoms with van der Waals surface area (Å²) >= 11 is 0. The van der Waals surface area contributed by atoms with Crippen LogP contribution in [0.2, 0.25) is 0 Å². The van der Waals surface area contributed by atoms with Crippen LogP contribution >= 0.6 is 0 Å². The second kappa shape index (κ2) is 5.35. The molecule has 94 valence electrons. The quantitative estimate of drug-likeness (QED) is 0.834. The topological polar surface area (TPSA) is 70.3 Å². The predicted octanol–water partition coefficient (Wildman–Crippen LogP) is 1.95. The summed E-state index contributed by atoms with van der Waals surface area (Å²) in [6.07, 6.45) is 3.18. The lowest BCUT2D eigenvalue weighted by molar-refractivity contribution is 0.299. The van der Waals surface area contributed by atoms with Crippen LogP contribution in [0.15, 0.2) is 30.6 Å². The highest BCUT2D eigenvalue weighted by molar-refractivity contribution is 5.50. The average Bonchev–Trinajstić information content (AvgIpc) is 2.41. The number of aryl methyl sites for hydroxylation is 1. The first-order valence-corrected chi connectivity index (χ1v) is 5.53. The van der Waals surface area contributed by atoms with Gasteiger partial charge in [0.15, 0.2) is 0 Å². The molecule has 18 heavy (non-hydrogen) atoms. The van der Waals surface area contributed by atoms with Crippen molar-refractivity contribution in [1.82, 2.24) is 9.97 Å². The summed E-state index contributed by atoms with van der Waals surface area (Å²) in [5.74, 6) is 1.20. The van der Waals surface area contributed by atoms with E-state index in [1.54, 1.807) is 25.6 Å². The Hall–Kier alpha value is -2.30. The zero-order valence-electron chi connectivity index (χ0n) is 10.4. The highest BCUT2D eigenvalue weighted by Crippen LogP contribution is 2.19. The van der Waals surface area contributed by atoms with Gasteiger partial charge in [0.05, 0.1) is 25.2 Å². The van der Waals surface area contributed by atoms with Crippen molar-refractivity contribution in [2.45, 2.75) is 13.5 Å². The van der Waals surface area contributed by atoms with Crippen molar-refractivity contribution in [3.8, 4) is 11.6 Å². The molecule has 0 fully saturated rings. The molecular weight excluding hydrogens is 230 g/mol. The minimum absolute atomic E-state index is 0.347. The molecule has 0 saturated heterocycles. The molecule has 5 heteroatoms. The highest BCUT2D eigenvalue weighted by Gasteiger charge is 2.01. The number of hydrogen-bond acceptors (Lipinski definition) is 5. The van der Waals surface area contributed by atoms with Gasteiger partial charge in [-0.05, 0) is 18.6 Å². The van der Waals surface area contributed by atoms with Crippen LogP contribution in [-0.4, -0.2) is 17.1 Å². The standard InChI is InChI=1S/C13H15N3O2/c1-9-3-4-11(5-12(9)14)18-8-10-6-16-13(17-2)7-15-10/h3-7H,8,14H2,1-2H3. The monoisotopic (exact) mass is 245 g/mol. The fourth-order valence-electron chi connectivity index (χ4n) is 1.39. The Morgan fingerprint density at radius 1 is 1.22 bits per heavy atom. The molecular formula is C13H15N3O2. The molecule has 2 rings (SSSR count). The van der Waals surface area contributed by atoms with Gasteiger partial charge in [-0.2, -0.15) is 0 Å². The van der Waals surface area contributed by atoms with E-state index in [0.29, 0.717) is 18.2 Å². The van der Waals surface area contributed by atoms with E-state index in [1.165, 1.54) is 0 Å². The van der Waals surface area contributed by atoms with E-state index < -0.39 is 0 Å². The van der Waals surface area contributed by atoms with Gasteiger partial charge in [0, 0.05) is 11.8 Å². The molecule has 0 aliphatic heterocycles. The number of benzene rings is 1. The Morgan fingerprint density at radius 3 is 2.67 bits per heavy atom. The van der Waals surface area contributed by atoms with Crippen LogP contribution in [0.4, 0.5) is 5.69 Å². The fraction of sp³-hybridized carbons (Fsp3) is 0.231. The summed E-state index contributed by atoms with van der Waals surface area (Å²) < 4.78 is 10.5. The van der Waals surface area contributed by atoms with E-state index >= 15 is 0 Å². The number of anilines is 1. The predicted molar refractivity (Wildman–Crippen MR) is 68.5 cm³/mol. The molecule has 0 bridgehead atoms. The number of ether oxygens (including phenoxy) is 2. The molecule has 0 aliphatic carbocycles. The second-order valence-electron chi connectivity index (χ2n) is 3.86. The number of nitrogens with two attached hydrogens (primary N) is 1. The van der Waals surface area contributed by atoms with Gasteiger partial charge >= 0.3 is 0 Å². The zero-order valence-corrected chi connectivity index (χ0v) is 10.4. The molecule has 0 aliphatic rings. The number of nitrogen functional groups attached to an aromatic ring is 1. The van der Waals surface area contributed by atoms with Crippen LogP contribution in [-0.2, 0) is 6.61 Å². The Balaban J connectivity index is 1.99. The lowest BCUT2D eigenvalue weighted by Gasteiger charge is -2.07. The Morgan fingerprint density at radius 2 is 2.06 bits per heavy atom. The van der Waals surface area contributed by atoms with Gasteiger partial charge in [-0.3, -0.25) is 4.98 Å². The molecule has 0 atom stereocenters. The molecule has 0 amide bonds. The smallest absolute Gasteiger partial charge is 0.231 e. The fourth-order valence-corrected chi connectivity index (χ4v) is 1.39. The van der Waals surface area contributed by atoms with Crippen LogP contribution < -0.4 is 15.2 Å². The molecule has 2 aromatic rings. The third-order valence-electron chi connectivity index (χ3n) is 2.53. The summed E-state index contributed by atoms with van der Waals surface area (Å²) in [5.41, 5.74) is 8.28. The Labute approximate surface area is 106 Å². The van der Waals surface area contributed by atoms with Crippen molar-refractivity contribution < 1.29 is 9.47 Å². The molecule has 2 N–H and O–H groups in total. The highest BCUT2D eigenvalue weighted by atomic mass is 16.5. The third-order valence-corrected chi connectivity index (χ3v) is 2.53. The summed E-state index contributed by atoms with van der Waals surface area (Å²) in [7, 11) is 1.55. The van der Waals surface area contributed by atoms with Crippen molar-refractivity contribution in [3.63, 3.8) is 0 Å². The van der Waals surface area contributed by atoms with E-state index in [-0.39, 0.29) is 0 Å². The van der Waals surface area contributed by atoms with Crippen LogP contribution in [0.1, 0.15) is 11.3 Å². The van der Waals surface area contributed by atoms with Gasteiger partial charge < -0.3 is 15.2 Å². The maximum atomic E-state index is 5.80. The minimum Gasteiger partial charge on any atom is -0.487 e. The van der Waals surface area contributed by atoms with Gasteiger partial charge in [-0.15, -0.1) is 0 Å². The van der Waals surface area contributed by atoms with E-state index in [2.05, 4.69) is 9.97 Å². The van der Waals surface area contributed by atoms with Crippen molar-refractivity contribution in [1.29, 1.82) is 0 Å². The normalized spacial score (nSPS) is 10.1. The third kappa shape index (κ3) is 2.88. The first-order chi connectivity index (χ1) is 8.69. The van der Waals surface area contributed by atoms with Crippen molar-refractivity contribution >= 4 is 5.69 Å². The molecule has 0 spiro atoms. The summed E-state index contributed by atoms with van der Waals surface area (Å²) in [5, 5.41) is 0. The average molecular weight is 245 g/mol. The number of nitrogens with zero attached hydrogens (tertiary/aromatic N) is 2. The van der Waals surface area contributed by atoms with E-state index in [4.69, 9.17) is 15.2 Å². The minimum atomic E-state index is 0.347. The summed E-state index contributed by atoms with van der Waals surface area (Å²) in [4.78, 5) is 8.21. The number of methoxy groups -OCH3 is 1. The largest absolute Gasteiger partial charge is 0.487 e. The molecule has 1 aromatic carbocycles. The molecule has 0 unspecified atom stereocenters. The molecule has 5 nitrogen and oxygen atoms in total. The van der Waals surface area contributed by atoms with E-state index in [9.17, 15) is 0 Å². The van der Waals surface area contributed by atoms with Crippen LogP contribution in [0.25, 0.3) is 0 Å². The van der Waals surface area contributed by atoms with Crippen molar-refractivity contribution in [2.75, 3.05) is 12.8 Å². The lowest BCUT2D eigenvalue weighted by Crippen LogP contribution is -2.00. The van der Waals surface area contributed by atoms with Gasteiger partial charge in [0.25, 0.3) is 0 Å². The molecule has 1 heterocycles. The van der Waals surface area contributed by atoms with E-state index in [1.807, 2.05) is 19.1 Å². The van der Waals surface area contributed by atoms with E-state index in [0.717, 1.165) is 17.0 Å². The Bertz CT molecular complexity index is 526.